The number of anilines is 1. The second-order valence-corrected chi connectivity index (χ2v) is 7.36. The molecule has 0 aliphatic rings. The predicted molar refractivity (Wildman–Crippen MR) is 90.6 cm³/mol. The molecule has 2 aromatic rings. The summed E-state index contributed by atoms with van der Waals surface area (Å²) in [7, 11) is -3.83. The molecular weight excluding hydrogens is 350 g/mol. The Morgan fingerprint density at radius 2 is 1.72 bits per heavy atom. The molecule has 5 nitrogen and oxygen atoms in total. The fourth-order valence-electron chi connectivity index (χ4n) is 2.16. The summed E-state index contributed by atoms with van der Waals surface area (Å²) in [6.45, 7) is 3.09. The van der Waals surface area contributed by atoms with E-state index in [1.807, 2.05) is 6.92 Å². The first-order valence-electron chi connectivity index (χ1n) is 7.55. The third-order valence-electron chi connectivity index (χ3n) is 3.53. The first-order valence-corrected chi connectivity index (χ1v) is 8.99. The second-order valence-electron chi connectivity index (χ2n) is 5.42. The molecule has 0 aromatic heterocycles. The molecule has 0 spiro atoms. The van der Waals surface area contributed by atoms with Crippen LogP contribution in [0.5, 0.6) is 0 Å². The highest BCUT2D eigenvalue weighted by Gasteiger charge is 2.25. The van der Waals surface area contributed by atoms with Crippen LogP contribution in [0.2, 0.25) is 0 Å². The van der Waals surface area contributed by atoms with Gasteiger partial charge in [-0.2, -0.15) is 4.31 Å². The number of sulfonamides is 1. The molecule has 1 N–H and O–H groups in total. The molecule has 2 rings (SSSR count). The van der Waals surface area contributed by atoms with Crippen molar-refractivity contribution in [2.24, 2.45) is 0 Å². The van der Waals surface area contributed by atoms with Gasteiger partial charge in [-0.3, -0.25) is 4.79 Å². The van der Waals surface area contributed by atoms with Crippen LogP contribution >= 0.6 is 0 Å². The molecule has 0 aliphatic carbocycles. The van der Waals surface area contributed by atoms with Gasteiger partial charge in [0, 0.05) is 18.3 Å². The van der Waals surface area contributed by atoms with Crippen LogP contribution in [0.3, 0.4) is 0 Å². The van der Waals surface area contributed by atoms with Crippen molar-refractivity contribution in [2.75, 3.05) is 18.4 Å². The van der Waals surface area contributed by atoms with Crippen molar-refractivity contribution in [1.82, 2.24) is 4.31 Å². The van der Waals surface area contributed by atoms with E-state index in [0.717, 1.165) is 22.0 Å². The van der Waals surface area contributed by atoms with Crippen LogP contribution in [-0.4, -0.2) is 31.7 Å². The smallest absolute Gasteiger partial charge is 0.243 e. The summed E-state index contributed by atoms with van der Waals surface area (Å²) in [6.07, 6.45) is 0. The minimum atomic E-state index is -3.83. The van der Waals surface area contributed by atoms with Gasteiger partial charge >= 0.3 is 0 Å². The maximum Gasteiger partial charge on any atom is 0.243 e. The Morgan fingerprint density at radius 3 is 2.28 bits per heavy atom. The van der Waals surface area contributed by atoms with E-state index >= 15 is 0 Å². The summed E-state index contributed by atoms with van der Waals surface area (Å²) in [5.74, 6) is -2.78. The largest absolute Gasteiger partial charge is 0.325 e. The average Bonchev–Trinajstić information content (AvgIpc) is 2.56. The molecule has 134 valence electrons. The minimum Gasteiger partial charge on any atom is -0.325 e. The standard InChI is InChI=1S/C17H18F2N2O3S/c1-3-21(25(23,24)14-7-4-12(2)5-8-14)11-17(22)20-13-6-9-15(18)16(19)10-13/h4-10H,3,11H2,1-2H3,(H,20,22). The number of hydrogen-bond donors (Lipinski definition) is 1. The predicted octanol–water partition coefficient (Wildman–Crippen LogP) is 2.92. The molecule has 0 saturated heterocycles. The van der Waals surface area contributed by atoms with E-state index in [4.69, 9.17) is 0 Å². The van der Waals surface area contributed by atoms with Crippen molar-refractivity contribution < 1.29 is 22.0 Å². The van der Waals surface area contributed by atoms with Crippen LogP contribution in [0.15, 0.2) is 47.4 Å². The summed E-state index contributed by atoms with van der Waals surface area (Å²) in [5, 5.41) is 2.36. The lowest BCUT2D eigenvalue weighted by Gasteiger charge is -2.20. The highest BCUT2D eigenvalue weighted by atomic mass is 32.2. The third kappa shape index (κ3) is 4.61. The Kier molecular flexibility index (Phi) is 5.86. The number of hydrogen-bond acceptors (Lipinski definition) is 3. The van der Waals surface area contributed by atoms with Gasteiger partial charge in [0.25, 0.3) is 0 Å². The number of benzene rings is 2. The highest BCUT2D eigenvalue weighted by molar-refractivity contribution is 7.89. The molecule has 0 unspecified atom stereocenters. The molecule has 0 aliphatic heterocycles. The lowest BCUT2D eigenvalue weighted by molar-refractivity contribution is -0.116. The van der Waals surface area contributed by atoms with Crippen LogP contribution in [0.1, 0.15) is 12.5 Å². The Morgan fingerprint density at radius 1 is 1.08 bits per heavy atom. The Bertz CT molecular complexity index is 868. The quantitative estimate of drug-likeness (QED) is 0.853. The van der Waals surface area contributed by atoms with Crippen molar-refractivity contribution in [3.63, 3.8) is 0 Å². The first-order chi connectivity index (χ1) is 11.7. The summed E-state index contributed by atoms with van der Waals surface area (Å²) >= 11 is 0. The van der Waals surface area contributed by atoms with E-state index in [0.29, 0.717) is 0 Å². The second kappa shape index (κ2) is 7.71. The van der Waals surface area contributed by atoms with E-state index in [1.165, 1.54) is 18.2 Å². The monoisotopic (exact) mass is 368 g/mol. The molecular formula is C17H18F2N2O3S. The number of carbonyl (C=O) groups excluding carboxylic acids is 1. The molecule has 2 aromatic carbocycles. The number of likely N-dealkylation sites (N-methyl/N-ethyl adjacent to an activating group) is 1. The number of nitrogens with zero attached hydrogens (tertiary/aromatic N) is 1. The fraction of sp³-hybridized carbons (Fsp3) is 0.235. The lowest BCUT2D eigenvalue weighted by atomic mass is 10.2. The molecule has 0 radical (unpaired) electrons. The van der Waals surface area contributed by atoms with E-state index in [-0.39, 0.29) is 17.1 Å². The summed E-state index contributed by atoms with van der Waals surface area (Å²) in [5.41, 5.74) is 0.964. The molecule has 1 amide bonds. The van der Waals surface area contributed by atoms with Crippen molar-refractivity contribution in [1.29, 1.82) is 0 Å². The summed E-state index contributed by atoms with van der Waals surface area (Å²) in [4.78, 5) is 12.2. The maximum atomic E-state index is 13.2. The van der Waals surface area contributed by atoms with E-state index in [9.17, 15) is 22.0 Å². The third-order valence-corrected chi connectivity index (χ3v) is 5.47. The highest BCUT2D eigenvalue weighted by Crippen LogP contribution is 2.17. The zero-order valence-electron chi connectivity index (χ0n) is 13.8. The number of carbonyl (C=O) groups is 1. The molecule has 25 heavy (non-hydrogen) atoms. The molecule has 0 heterocycles. The molecule has 8 heteroatoms. The Balaban J connectivity index is 2.13. The van der Waals surface area contributed by atoms with Gasteiger partial charge in [0.1, 0.15) is 0 Å². The van der Waals surface area contributed by atoms with Gasteiger partial charge < -0.3 is 5.32 Å². The normalized spacial score (nSPS) is 11.6. The van der Waals surface area contributed by atoms with Crippen molar-refractivity contribution in [2.45, 2.75) is 18.7 Å². The van der Waals surface area contributed by atoms with Crippen LogP contribution in [-0.2, 0) is 14.8 Å². The topological polar surface area (TPSA) is 66.5 Å². The van der Waals surface area contributed by atoms with Crippen LogP contribution in [0, 0.1) is 18.6 Å². The van der Waals surface area contributed by atoms with Crippen LogP contribution < -0.4 is 5.32 Å². The van der Waals surface area contributed by atoms with Gasteiger partial charge in [-0.05, 0) is 31.2 Å². The summed E-state index contributed by atoms with van der Waals surface area (Å²) < 4.78 is 52.3. The number of rotatable bonds is 6. The van der Waals surface area contributed by atoms with Crippen LogP contribution in [0.25, 0.3) is 0 Å². The maximum absolute atomic E-state index is 13.2. The van der Waals surface area contributed by atoms with Gasteiger partial charge in [0.15, 0.2) is 11.6 Å². The van der Waals surface area contributed by atoms with Gasteiger partial charge in [-0.1, -0.05) is 24.6 Å². The number of halogens is 2. The zero-order valence-corrected chi connectivity index (χ0v) is 14.6. The van der Waals surface area contributed by atoms with Crippen LogP contribution in [0.4, 0.5) is 14.5 Å². The zero-order chi connectivity index (χ0) is 18.6. The first kappa shape index (κ1) is 19.0. The van der Waals surface area contributed by atoms with E-state index in [1.54, 1.807) is 19.1 Å². The van der Waals surface area contributed by atoms with Gasteiger partial charge in [-0.25, -0.2) is 17.2 Å². The van der Waals surface area contributed by atoms with E-state index in [2.05, 4.69) is 5.32 Å². The van der Waals surface area contributed by atoms with E-state index < -0.39 is 34.1 Å². The van der Waals surface area contributed by atoms with Gasteiger partial charge in [0.2, 0.25) is 15.9 Å². The van der Waals surface area contributed by atoms with Crippen molar-refractivity contribution >= 4 is 21.6 Å². The van der Waals surface area contributed by atoms with Gasteiger partial charge in [-0.15, -0.1) is 0 Å². The number of amides is 1. The van der Waals surface area contributed by atoms with Crippen molar-refractivity contribution in [3.8, 4) is 0 Å². The molecule has 0 atom stereocenters. The molecule has 0 saturated carbocycles. The lowest BCUT2D eigenvalue weighted by Crippen LogP contribution is -2.37. The Hall–Kier alpha value is -2.32. The molecule has 0 fully saturated rings. The van der Waals surface area contributed by atoms with Gasteiger partial charge in [0.05, 0.1) is 11.4 Å². The Labute approximate surface area is 145 Å². The van der Waals surface area contributed by atoms with Crippen molar-refractivity contribution in [3.05, 3.63) is 59.7 Å². The average molecular weight is 368 g/mol. The molecule has 0 bridgehead atoms. The minimum absolute atomic E-state index is 0.0488. The summed E-state index contributed by atoms with van der Waals surface area (Å²) in [6, 6.07) is 9.19. The number of aryl methyl sites for hydroxylation is 1. The fourth-order valence-corrected chi connectivity index (χ4v) is 3.57. The SMILES string of the molecule is CCN(CC(=O)Nc1ccc(F)c(F)c1)S(=O)(=O)c1ccc(C)cc1. The number of nitrogens with one attached hydrogen (secondary N) is 1.